The fourth-order valence-corrected chi connectivity index (χ4v) is 3.89. The first kappa shape index (κ1) is 15.8. The summed E-state index contributed by atoms with van der Waals surface area (Å²) in [6.45, 7) is 3.71. The van der Waals surface area contributed by atoms with Gasteiger partial charge >= 0.3 is 0 Å². The number of rotatable bonds is 4. The standard InChI is InChI=1S/C17H15FN2OS2/c1-10(12-3-5-14(18)6-4-12)19-16(21)15-11(2)20-17(23-15)13-7-8-22-9-13/h3-10H,1-2H3,(H,19,21)/t10-/m1/s1. The van der Waals surface area contributed by atoms with E-state index in [-0.39, 0.29) is 17.8 Å². The van der Waals surface area contributed by atoms with Gasteiger partial charge in [-0.1, -0.05) is 12.1 Å². The van der Waals surface area contributed by atoms with Crippen molar-refractivity contribution in [1.29, 1.82) is 0 Å². The van der Waals surface area contributed by atoms with E-state index < -0.39 is 0 Å². The number of halogens is 1. The lowest BCUT2D eigenvalue weighted by Gasteiger charge is -2.13. The predicted molar refractivity (Wildman–Crippen MR) is 92.4 cm³/mol. The second kappa shape index (κ2) is 6.60. The van der Waals surface area contributed by atoms with Crippen LogP contribution in [0.3, 0.4) is 0 Å². The summed E-state index contributed by atoms with van der Waals surface area (Å²) in [7, 11) is 0. The maximum atomic E-state index is 13.0. The zero-order chi connectivity index (χ0) is 16.4. The Labute approximate surface area is 141 Å². The summed E-state index contributed by atoms with van der Waals surface area (Å²) in [5.41, 5.74) is 2.62. The highest BCUT2D eigenvalue weighted by Crippen LogP contribution is 2.29. The van der Waals surface area contributed by atoms with Crippen LogP contribution in [0.5, 0.6) is 0 Å². The number of aromatic nitrogens is 1. The molecule has 0 saturated carbocycles. The van der Waals surface area contributed by atoms with E-state index in [0.29, 0.717) is 4.88 Å². The molecule has 1 N–H and O–H groups in total. The summed E-state index contributed by atoms with van der Waals surface area (Å²) in [5, 5.41) is 7.80. The number of hydrogen-bond acceptors (Lipinski definition) is 4. The molecule has 118 valence electrons. The molecular formula is C17H15FN2OS2. The van der Waals surface area contributed by atoms with Crippen LogP contribution in [-0.4, -0.2) is 10.9 Å². The molecule has 1 amide bonds. The van der Waals surface area contributed by atoms with Crippen molar-refractivity contribution in [2.24, 2.45) is 0 Å². The number of amides is 1. The van der Waals surface area contributed by atoms with Crippen LogP contribution in [0, 0.1) is 12.7 Å². The third kappa shape index (κ3) is 3.48. The van der Waals surface area contributed by atoms with Crippen LogP contribution in [0.1, 0.15) is 33.9 Å². The molecule has 0 aliphatic heterocycles. The Balaban J connectivity index is 1.77. The summed E-state index contributed by atoms with van der Waals surface area (Å²) in [5.74, 6) is -0.440. The molecule has 23 heavy (non-hydrogen) atoms. The third-order valence-electron chi connectivity index (χ3n) is 3.49. The van der Waals surface area contributed by atoms with Crippen molar-refractivity contribution in [3.8, 4) is 10.6 Å². The summed E-state index contributed by atoms with van der Waals surface area (Å²) >= 11 is 2.99. The van der Waals surface area contributed by atoms with Crippen molar-refractivity contribution in [1.82, 2.24) is 10.3 Å². The fraction of sp³-hybridized carbons (Fsp3) is 0.176. The molecular weight excluding hydrogens is 331 g/mol. The van der Waals surface area contributed by atoms with Crippen LogP contribution >= 0.6 is 22.7 Å². The molecule has 0 saturated heterocycles. The van der Waals surface area contributed by atoms with Crippen LogP contribution in [-0.2, 0) is 0 Å². The van der Waals surface area contributed by atoms with Gasteiger partial charge in [0.15, 0.2) is 0 Å². The molecule has 2 aromatic heterocycles. The van der Waals surface area contributed by atoms with Crippen molar-refractivity contribution in [3.05, 3.63) is 63.0 Å². The van der Waals surface area contributed by atoms with Gasteiger partial charge in [0, 0.05) is 10.9 Å². The monoisotopic (exact) mass is 346 g/mol. The molecule has 0 fully saturated rings. The van der Waals surface area contributed by atoms with Crippen LogP contribution in [0.4, 0.5) is 4.39 Å². The predicted octanol–water partition coefficient (Wildman–Crippen LogP) is 4.81. The Hall–Kier alpha value is -2.05. The molecule has 3 aromatic rings. The maximum absolute atomic E-state index is 13.0. The van der Waals surface area contributed by atoms with Crippen LogP contribution in [0.15, 0.2) is 41.1 Å². The van der Waals surface area contributed by atoms with Crippen LogP contribution in [0.2, 0.25) is 0 Å². The first-order chi connectivity index (χ1) is 11.0. The summed E-state index contributed by atoms with van der Waals surface area (Å²) in [6, 6.07) is 7.93. The molecule has 0 spiro atoms. The lowest BCUT2D eigenvalue weighted by Crippen LogP contribution is -2.26. The fourth-order valence-electron chi connectivity index (χ4n) is 2.21. The molecule has 0 unspecified atom stereocenters. The van der Waals surface area contributed by atoms with Crippen molar-refractivity contribution >= 4 is 28.6 Å². The highest BCUT2D eigenvalue weighted by molar-refractivity contribution is 7.17. The van der Waals surface area contributed by atoms with Gasteiger partial charge in [-0.3, -0.25) is 4.79 Å². The maximum Gasteiger partial charge on any atom is 0.263 e. The third-order valence-corrected chi connectivity index (χ3v) is 5.38. The topological polar surface area (TPSA) is 42.0 Å². The first-order valence-electron chi connectivity index (χ1n) is 7.11. The average molecular weight is 346 g/mol. The lowest BCUT2D eigenvalue weighted by atomic mass is 10.1. The Morgan fingerprint density at radius 3 is 2.65 bits per heavy atom. The number of benzene rings is 1. The highest BCUT2D eigenvalue weighted by atomic mass is 32.1. The molecule has 0 bridgehead atoms. The van der Waals surface area contributed by atoms with E-state index in [1.807, 2.05) is 30.7 Å². The van der Waals surface area contributed by atoms with E-state index in [2.05, 4.69) is 10.3 Å². The van der Waals surface area contributed by atoms with E-state index >= 15 is 0 Å². The van der Waals surface area contributed by atoms with Gasteiger partial charge < -0.3 is 5.32 Å². The van der Waals surface area contributed by atoms with Gasteiger partial charge in [0.05, 0.1) is 11.7 Å². The zero-order valence-electron chi connectivity index (χ0n) is 12.7. The van der Waals surface area contributed by atoms with Crippen molar-refractivity contribution in [2.75, 3.05) is 0 Å². The Kier molecular flexibility index (Phi) is 4.54. The second-order valence-electron chi connectivity index (χ2n) is 5.19. The largest absolute Gasteiger partial charge is 0.345 e. The normalized spacial score (nSPS) is 12.1. The van der Waals surface area contributed by atoms with E-state index in [1.54, 1.807) is 23.5 Å². The molecule has 0 radical (unpaired) electrons. The second-order valence-corrected chi connectivity index (χ2v) is 6.97. The van der Waals surface area contributed by atoms with Gasteiger partial charge in [0.25, 0.3) is 5.91 Å². The quantitative estimate of drug-likeness (QED) is 0.736. The number of thiazole rings is 1. The van der Waals surface area contributed by atoms with E-state index in [0.717, 1.165) is 21.8 Å². The van der Waals surface area contributed by atoms with Crippen molar-refractivity contribution < 1.29 is 9.18 Å². The van der Waals surface area contributed by atoms with Gasteiger partial charge in [-0.2, -0.15) is 11.3 Å². The molecule has 0 aliphatic rings. The smallest absolute Gasteiger partial charge is 0.263 e. The summed E-state index contributed by atoms with van der Waals surface area (Å²) < 4.78 is 13.0. The number of carbonyl (C=O) groups excluding carboxylic acids is 1. The molecule has 2 heterocycles. The minimum Gasteiger partial charge on any atom is -0.345 e. The van der Waals surface area contributed by atoms with Gasteiger partial charge in [0.1, 0.15) is 15.7 Å². The van der Waals surface area contributed by atoms with E-state index in [4.69, 9.17) is 0 Å². The first-order valence-corrected chi connectivity index (χ1v) is 8.87. The highest BCUT2D eigenvalue weighted by Gasteiger charge is 2.18. The van der Waals surface area contributed by atoms with Crippen molar-refractivity contribution in [3.63, 3.8) is 0 Å². The molecule has 3 rings (SSSR count). The number of hydrogen-bond donors (Lipinski definition) is 1. The SMILES string of the molecule is Cc1nc(-c2ccsc2)sc1C(=O)N[C@H](C)c1ccc(F)cc1. The van der Waals surface area contributed by atoms with Gasteiger partial charge in [-0.05, 0) is 43.0 Å². The zero-order valence-corrected chi connectivity index (χ0v) is 14.3. The lowest BCUT2D eigenvalue weighted by molar-refractivity contribution is 0.0943. The van der Waals surface area contributed by atoms with Crippen LogP contribution in [0.25, 0.3) is 10.6 Å². The van der Waals surface area contributed by atoms with Gasteiger partial charge in [-0.25, -0.2) is 9.37 Å². The van der Waals surface area contributed by atoms with Gasteiger partial charge in [0.2, 0.25) is 0 Å². The molecule has 1 atom stereocenters. The van der Waals surface area contributed by atoms with E-state index in [1.165, 1.54) is 23.5 Å². The Bertz CT molecular complexity index is 810. The Morgan fingerprint density at radius 2 is 2.00 bits per heavy atom. The summed E-state index contributed by atoms with van der Waals surface area (Å²) in [4.78, 5) is 17.6. The van der Waals surface area contributed by atoms with E-state index in [9.17, 15) is 9.18 Å². The minimum atomic E-state index is -0.286. The molecule has 6 heteroatoms. The Morgan fingerprint density at radius 1 is 1.26 bits per heavy atom. The molecule has 0 aliphatic carbocycles. The molecule has 1 aromatic carbocycles. The minimum absolute atomic E-state index is 0.154. The van der Waals surface area contributed by atoms with Crippen LogP contribution < -0.4 is 5.32 Å². The summed E-state index contributed by atoms with van der Waals surface area (Å²) in [6.07, 6.45) is 0. The van der Waals surface area contributed by atoms with Gasteiger partial charge in [-0.15, -0.1) is 11.3 Å². The number of aryl methyl sites for hydroxylation is 1. The average Bonchev–Trinajstić information content (AvgIpc) is 3.16. The van der Waals surface area contributed by atoms with Crippen molar-refractivity contribution in [2.45, 2.75) is 19.9 Å². The molecule has 3 nitrogen and oxygen atoms in total. The number of nitrogens with zero attached hydrogens (tertiary/aromatic N) is 1. The number of thiophene rings is 1. The number of nitrogens with one attached hydrogen (secondary N) is 1. The number of carbonyl (C=O) groups is 1.